The van der Waals surface area contributed by atoms with Crippen LogP contribution in [-0.4, -0.2) is 25.1 Å². The second kappa shape index (κ2) is 4.52. The molecule has 0 aromatic rings. The summed E-state index contributed by atoms with van der Waals surface area (Å²) < 4.78 is 25.2. The Hall–Kier alpha value is -0.920. The van der Waals surface area contributed by atoms with E-state index in [1.807, 2.05) is 0 Å². The lowest BCUT2D eigenvalue weighted by Crippen LogP contribution is -3.04. The van der Waals surface area contributed by atoms with Crippen molar-refractivity contribution in [3.8, 4) is 0 Å². The topological polar surface area (TPSA) is 106 Å². The van der Waals surface area contributed by atoms with E-state index in [1.54, 1.807) is 6.92 Å². The predicted molar refractivity (Wildman–Crippen MR) is 59.4 cm³/mol. The highest BCUT2D eigenvalue weighted by atomic mass is 32.2. The Labute approximate surface area is 95.3 Å². The largest absolute Gasteiger partial charge is 0.296 e. The highest BCUT2D eigenvalue weighted by Gasteiger charge is 2.42. The van der Waals surface area contributed by atoms with E-state index in [4.69, 9.17) is 5.84 Å². The third kappa shape index (κ3) is 2.81. The van der Waals surface area contributed by atoms with Gasteiger partial charge in [-0.25, -0.2) is 13.1 Å². The monoisotopic (exact) mass is 248 g/mol. The summed E-state index contributed by atoms with van der Waals surface area (Å²) in [5.41, 5.74) is 0.177. The molecule has 1 aliphatic rings. The zero-order valence-corrected chi connectivity index (χ0v) is 10.1. The van der Waals surface area contributed by atoms with Crippen molar-refractivity contribution in [1.82, 2.24) is 4.72 Å². The van der Waals surface area contributed by atoms with Crippen LogP contribution in [0.2, 0.25) is 0 Å². The van der Waals surface area contributed by atoms with Crippen LogP contribution in [0.4, 0.5) is 0 Å². The Balaban J connectivity index is 2.73. The molecule has 0 saturated heterocycles. The van der Waals surface area contributed by atoms with Gasteiger partial charge in [-0.1, -0.05) is 6.08 Å². The van der Waals surface area contributed by atoms with E-state index >= 15 is 0 Å². The van der Waals surface area contributed by atoms with Crippen molar-refractivity contribution in [2.75, 3.05) is 0 Å². The normalized spacial score (nSPS) is 19.9. The third-order valence-corrected chi connectivity index (χ3v) is 4.47. The predicted octanol–water partition coefficient (Wildman–Crippen LogP) is -1.63. The maximum absolute atomic E-state index is 11.8. The van der Waals surface area contributed by atoms with Gasteiger partial charge in [-0.05, 0) is 12.8 Å². The maximum atomic E-state index is 11.8. The summed E-state index contributed by atoms with van der Waals surface area (Å²) in [5.74, 6) is 4.78. The minimum absolute atomic E-state index is 0.301. The van der Waals surface area contributed by atoms with Crippen molar-refractivity contribution >= 4 is 15.9 Å². The van der Waals surface area contributed by atoms with Crippen LogP contribution in [0.1, 0.15) is 26.2 Å². The Morgan fingerprint density at radius 3 is 2.62 bits per heavy atom. The molecule has 1 atom stereocenters. The van der Waals surface area contributed by atoms with E-state index in [1.165, 1.54) is 11.5 Å². The first-order valence-electron chi connectivity index (χ1n) is 5.09. The number of carbonyl (C=O) groups is 1. The lowest BCUT2D eigenvalue weighted by Gasteiger charge is -2.21. The fraction of sp³-hybridized carbons (Fsp3) is 0.667. The zero-order valence-electron chi connectivity index (χ0n) is 9.27. The molecule has 16 heavy (non-hydrogen) atoms. The molecule has 0 spiro atoms. The second-order valence-corrected chi connectivity index (χ2v) is 6.21. The highest BCUT2D eigenvalue weighted by molar-refractivity contribution is 7.90. The molecule has 7 heteroatoms. The zero-order chi connectivity index (χ0) is 12.4. The average Bonchev–Trinajstić information content (AvgIpc) is 3.00. The smallest absolute Gasteiger partial charge is 0.267 e. The van der Waals surface area contributed by atoms with Gasteiger partial charge in [-0.15, -0.1) is 6.58 Å². The Morgan fingerprint density at radius 1 is 1.69 bits per heavy atom. The summed E-state index contributed by atoms with van der Waals surface area (Å²) in [4.78, 5) is 11.8. The minimum atomic E-state index is -3.51. The number of nitrogens with one attached hydrogen (secondary N) is 1. The summed E-state index contributed by atoms with van der Waals surface area (Å²) in [6, 6.07) is 0. The fourth-order valence-corrected chi connectivity index (χ4v) is 2.66. The van der Waals surface area contributed by atoms with Gasteiger partial charge >= 0.3 is 0 Å². The van der Waals surface area contributed by atoms with Gasteiger partial charge in [-0.2, -0.15) is 5.84 Å². The van der Waals surface area contributed by atoms with Crippen LogP contribution < -0.4 is 16.0 Å². The van der Waals surface area contributed by atoms with Crippen molar-refractivity contribution in [2.45, 2.75) is 37.0 Å². The average molecular weight is 248 g/mol. The van der Waals surface area contributed by atoms with E-state index in [9.17, 15) is 13.2 Å². The van der Waals surface area contributed by atoms with Crippen LogP contribution in [0.15, 0.2) is 12.7 Å². The highest BCUT2D eigenvalue weighted by Crippen LogP contribution is 2.27. The molecule has 0 aromatic heterocycles. The molecule has 1 aliphatic carbocycles. The van der Waals surface area contributed by atoms with Gasteiger partial charge in [0, 0.05) is 13.3 Å². The van der Waals surface area contributed by atoms with Crippen LogP contribution in [0, 0.1) is 0 Å². The standard InChI is InChI=1S/C9H17N3O3S/c1-3-6-9(2,12-10)8(13)11-16(14,15)7-4-5-7/h3,7,12H,1,4-6,10H2,2H3,(H,11,13)/p+1/t9-/m1/s1. The summed E-state index contributed by atoms with van der Waals surface area (Å²) >= 11 is 0. The molecule has 0 heterocycles. The number of sulfonamides is 1. The van der Waals surface area contributed by atoms with Gasteiger partial charge in [0.25, 0.3) is 5.91 Å². The summed E-state index contributed by atoms with van der Waals surface area (Å²) in [6.45, 7) is 5.09. The van der Waals surface area contributed by atoms with E-state index in [0.717, 1.165) is 0 Å². The number of quaternary nitrogens is 1. The number of hydrogen-bond acceptors (Lipinski definition) is 4. The van der Waals surface area contributed by atoms with Crippen LogP contribution in [0.25, 0.3) is 0 Å². The molecule has 1 amide bonds. The van der Waals surface area contributed by atoms with E-state index in [2.05, 4.69) is 11.3 Å². The summed E-state index contributed by atoms with van der Waals surface area (Å²) in [6.07, 6.45) is 3.07. The lowest BCUT2D eigenvalue weighted by molar-refractivity contribution is -0.721. The first kappa shape index (κ1) is 13.1. The van der Waals surface area contributed by atoms with Crippen LogP contribution in [0.3, 0.4) is 0 Å². The molecule has 1 rings (SSSR count). The van der Waals surface area contributed by atoms with E-state index in [0.29, 0.717) is 19.3 Å². The van der Waals surface area contributed by atoms with E-state index in [-0.39, 0.29) is 0 Å². The summed E-state index contributed by atoms with van der Waals surface area (Å²) in [7, 11) is -3.51. The van der Waals surface area contributed by atoms with E-state index < -0.39 is 26.7 Å². The third-order valence-electron chi connectivity index (χ3n) is 2.65. The Bertz CT molecular complexity index is 389. The second-order valence-electron chi connectivity index (χ2n) is 4.25. The van der Waals surface area contributed by atoms with Crippen LogP contribution in [-0.2, 0) is 14.8 Å². The number of hydrogen-bond donors (Lipinski definition) is 3. The Morgan fingerprint density at radius 2 is 2.25 bits per heavy atom. The SMILES string of the molecule is C=CC[C@@](C)([NH2+]N)C(=O)NS(=O)(=O)C1CC1. The molecular weight excluding hydrogens is 230 g/mol. The number of rotatable bonds is 6. The van der Waals surface area contributed by atoms with Crippen molar-refractivity contribution in [3.05, 3.63) is 12.7 Å². The van der Waals surface area contributed by atoms with Gasteiger partial charge < -0.3 is 0 Å². The fourth-order valence-electron chi connectivity index (χ4n) is 1.24. The van der Waals surface area contributed by atoms with Crippen molar-refractivity contribution in [1.29, 1.82) is 0 Å². The Kier molecular flexibility index (Phi) is 3.72. The first-order valence-corrected chi connectivity index (χ1v) is 6.63. The van der Waals surface area contributed by atoms with Gasteiger partial charge in [0.05, 0.1) is 5.25 Å². The van der Waals surface area contributed by atoms with Crippen molar-refractivity contribution in [3.63, 3.8) is 0 Å². The van der Waals surface area contributed by atoms with Crippen LogP contribution in [0.5, 0.6) is 0 Å². The minimum Gasteiger partial charge on any atom is -0.267 e. The quantitative estimate of drug-likeness (QED) is 0.298. The molecule has 0 bridgehead atoms. The van der Waals surface area contributed by atoms with Gasteiger partial charge in [-0.3, -0.25) is 10.2 Å². The van der Waals surface area contributed by atoms with Gasteiger partial charge in [0.2, 0.25) is 10.0 Å². The van der Waals surface area contributed by atoms with Crippen molar-refractivity contribution in [2.24, 2.45) is 5.84 Å². The molecule has 6 nitrogen and oxygen atoms in total. The molecule has 0 aromatic carbocycles. The number of nitrogens with two attached hydrogens (primary N) is 2. The van der Waals surface area contributed by atoms with Crippen LogP contribution >= 0.6 is 0 Å². The maximum Gasteiger partial charge on any atom is 0.296 e. The number of carbonyl (C=O) groups excluding carboxylic acids is 1. The van der Waals surface area contributed by atoms with Gasteiger partial charge in [0.15, 0.2) is 5.54 Å². The molecule has 5 N–H and O–H groups in total. The molecule has 0 unspecified atom stereocenters. The summed E-state index contributed by atoms with van der Waals surface area (Å²) in [5, 5.41) is -0.415. The first-order chi connectivity index (χ1) is 7.35. The molecule has 92 valence electrons. The van der Waals surface area contributed by atoms with Gasteiger partial charge in [0.1, 0.15) is 0 Å². The molecule has 0 radical (unpaired) electrons. The lowest BCUT2D eigenvalue weighted by atomic mass is 9.98. The molecular formula is C9H18N3O3S+. The molecule has 1 fully saturated rings. The molecule has 1 saturated carbocycles. The van der Waals surface area contributed by atoms with Crippen molar-refractivity contribution < 1.29 is 18.6 Å². The molecule has 0 aliphatic heterocycles. The number of amides is 1.